The van der Waals surface area contributed by atoms with Gasteiger partial charge in [0.25, 0.3) is 0 Å². The van der Waals surface area contributed by atoms with Gasteiger partial charge in [0.05, 0.1) is 24.6 Å². The van der Waals surface area contributed by atoms with Crippen molar-refractivity contribution in [2.45, 2.75) is 25.6 Å². The van der Waals surface area contributed by atoms with Crippen molar-refractivity contribution in [3.63, 3.8) is 0 Å². The Morgan fingerprint density at radius 2 is 1.92 bits per heavy atom. The summed E-state index contributed by atoms with van der Waals surface area (Å²) >= 11 is 0. The van der Waals surface area contributed by atoms with Crippen LogP contribution >= 0.6 is 0 Å². The van der Waals surface area contributed by atoms with Gasteiger partial charge in [-0.25, -0.2) is 9.83 Å². The van der Waals surface area contributed by atoms with Gasteiger partial charge in [0.1, 0.15) is 11.5 Å². The molecule has 0 radical (unpaired) electrons. The summed E-state index contributed by atoms with van der Waals surface area (Å²) < 4.78 is 8.27. The predicted molar refractivity (Wildman–Crippen MR) is 147 cm³/mol. The molecule has 1 unspecified atom stereocenters. The van der Waals surface area contributed by atoms with Gasteiger partial charge in [-0.1, -0.05) is 60.7 Å². The van der Waals surface area contributed by atoms with Gasteiger partial charge in [-0.15, -0.1) is 0 Å². The van der Waals surface area contributed by atoms with Crippen LogP contribution in [0, 0.1) is 6.57 Å². The molecule has 0 saturated carbocycles. The first-order chi connectivity index (χ1) is 18.7. The van der Waals surface area contributed by atoms with Gasteiger partial charge in [-0.3, -0.25) is 10.1 Å². The fourth-order valence-corrected chi connectivity index (χ4v) is 4.77. The van der Waals surface area contributed by atoms with Crippen LogP contribution in [0.2, 0.25) is 0 Å². The van der Waals surface area contributed by atoms with Crippen molar-refractivity contribution in [2.75, 3.05) is 5.32 Å². The SMILES string of the molecule is [C-]#[N+]c1ccc2cc1Oc1ccc3cccc(c3c1)NC(=O)C(Cc1ccccc1)NCc1cncn1C2. The van der Waals surface area contributed by atoms with Gasteiger partial charge in [0.15, 0.2) is 0 Å². The second-order valence-corrected chi connectivity index (χ2v) is 9.33. The third-order valence-corrected chi connectivity index (χ3v) is 6.76. The molecule has 0 aliphatic carbocycles. The first-order valence-corrected chi connectivity index (χ1v) is 12.4. The molecule has 0 saturated heterocycles. The van der Waals surface area contributed by atoms with Crippen molar-refractivity contribution in [1.82, 2.24) is 14.9 Å². The normalized spacial score (nSPS) is 15.3. The zero-order valence-corrected chi connectivity index (χ0v) is 20.6. The Bertz CT molecular complexity index is 1670. The van der Waals surface area contributed by atoms with Gasteiger partial charge in [0.2, 0.25) is 11.6 Å². The van der Waals surface area contributed by atoms with Crippen molar-refractivity contribution in [1.29, 1.82) is 0 Å². The quantitative estimate of drug-likeness (QED) is 0.289. The number of amides is 1. The Kier molecular flexibility index (Phi) is 6.30. The Hall–Kier alpha value is -4.93. The van der Waals surface area contributed by atoms with Crippen LogP contribution < -0.4 is 15.4 Å². The van der Waals surface area contributed by atoms with Crippen LogP contribution in [-0.4, -0.2) is 21.5 Å². The Morgan fingerprint density at radius 1 is 1.03 bits per heavy atom. The number of ether oxygens (including phenoxy) is 1. The number of hydrogen-bond donors (Lipinski definition) is 2. The molecule has 2 N–H and O–H groups in total. The molecule has 1 aromatic heterocycles. The lowest BCUT2D eigenvalue weighted by Gasteiger charge is -2.21. The van der Waals surface area contributed by atoms with Gasteiger partial charge in [-0.05, 0) is 47.2 Å². The highest BCUT2D eigenvalue weighted by Gasteiger charge is 2.21. The lowest BCUT2D eigenvalue weighted by atomic mass is 10.0. The number of rotatable bonds is 2. The lowest BCUT2D eigenvalue weighted by Crippen LogP contribution is -2.42. The number of carbonyl (C=O) groups excluding carboxylic acids is 1. The number of imidazole rings is 1. The summed E-state index contributed by atoms with van der Waals surface area (Å²) in [4.78, 5) is 21.7. The second kappa shape index (κ2) is 10.2. The number of nitrogens with zero attached hydrogens (tertiary/aromatic N) is 3. The molecule has 38 heavy (non-hydrogen) atoms. The molecule has 7 nitrogen and oxygen atoms in total. The minimum absolute atomic E-state index is 0.119. The molecule has 1 amide bonds. The van der Waals surface area contributed by atoms with E-state index in [2.05, 4.69) is 20.5 Å². The highest BCUT2D eigenvalue weighted by Crippen LogP contribution is 2.36. The van der Waals surface area contributed by atoms with E-state index in [4.69, 9.17) is 11.3 Å². The van der Waals surface area contributed by atoms with Crippen LogP contribution in [0.1, 0.15) is 16.8 Å². The van der Waals surface area contributed by atoms with Crippen LogP contribution in [0.25, 0.3) is 15.6 Å². The monoisotopic (exact) mass is 499 g/mol. The number of anilines is 1. The Labute approximate surface area is 220 Å². The predicted octanol–water partition coefficient (Wildman–Crippen LogP) is 6.08. The highest BCUT2D eigenvalue weighted by atomic mass is 16.5. The van der Waals surface area contributed by atoms with Crippen molar-refractivity contribution >= 4 is 28.1 Å². The van der Waals surface area contributed by atoms with Gasteiger partial charge in [-0.2, -0.15) is 0 Å². The van der Waals surface area contributed by atoms with Gasteiger partial charge >= 0.3 is 0 Å². The van der Waals surface area contributed by atoms with E-state index in [0.717, 1.165) is 27.6 Å². The van der Waals surface area contributed by atoms with Crippen molar-refractivity contribution in [3.05, 3.63) is 126 Å². The van der Waals surface area contributed by atoms with E-state index in [1.165, 1.54) is 0 Å². The average molecular weight is 500 g/mol. The van der Waals surface area contributed by atoms with E-state index in [-0.39, 0.29) is 5.91 Å². The Balaban J connectivity index is 1.44. The number of aromatic nitrogens is 2. The molecule has 1 aliphatic rings. The van der Waals surface area contributed by atoms with E-state index in [9.17, 15) is 4.79 Å². The second-order valence-electron chi connectivity index (χ2n) is 9.33. The topological polar surface area (TPSA) is 72.5 Å². The molecule has 4 bridgehead atoms. The summed E-state index contributed by atoms with van der Waals surface area (Å²) in [5.41, 5.74) is 4.15. The molecule has 6 rings (SSSR count). The lowest BCUT2D eigenvalue weighted by molar-refractivity contribution is -0.118. The van der Waals surface area contributed by atoms with Crippen molar-refractivity contribution in [3.8, 4) is 11.5 Å². The largest absolute Gasteiger partial charge is 0.468 e. The molecule has 2 heterocycles. The summed E-state index contributed by atoms with van der Waals surface area (Å²) in [5, 5.41) is 8.46. The zero-order chi connectivity index (χ0) is 25.9. The van der Waals surface area contributed by atoms with Gasteiger partial charge < -0.3 is 14.6 Å². The first kappa shape index (κ1) is 23.5. The first-order valence-electron chi connectivity index (χ1n) is 12.4. The van der Waals surface area contributed by atoms with Crippen LogP contribution in [0.5, 0.6) is 11.5 Å². The maximum Gasteiger partial charge on any atom is 0.241 e. The molecular weight excluding hydrogens is 474 g/mol. The molecule has 186 valence electrons. The van der Waals surface area contributed by atoms with Crippen LogP contribution in [0.4, 0.5) is 11.4 Å². The number of fused-ring (bicyclic) bond motifs is 4. The molecule has 1 atom stereocenters. The molecule has 7 heteroatoms. The molecule has 1 aliphatic heterocycles. The molecule has 0 fully saturated rings. The summed E-state index contributed by atoms with van der Waals surface area (Å²) in [6.07, 6.45) is 4.13. The number of benzene rings is 4. The summed E-state index contributed by atoms with van der Waals surface area (Å²) in [7, 11) is 0. The molecule has 0 spiro atoms. The fourth-order valence-electron chi connectivity index (χ4n) is 4.77. The summed E-state index contributed by atoms with van der Waals surface area (Å²) in [6.45, 7) is 8.63. The average Bonchev–Trinajstić information content (AvgIpc) is 3.38. The zero-order valence-electron chi connectivity index (χ0n) is 20.6. The van der Waals surface area contributed by atoms with Gasteiger partial charge in [0, 0.05) is 30.4 Å². The number of hydrogen-bond acceptors (Lipinski definition) is 4. The van der Waals surface area contributed by atoms with Crippen molar-refractivity contribution in [2.24, 2.45) is 0 Å². The minimum atomic E-state index is -0.465. The minimum Gasteiger partial charge on any atom is -0.468 e. The maximum atomic E-state index is 13.7. The number of nitrogens with one attached hydrogen (secondary N) is 2. The van der Waals surface area contributed by atoms with E-state index < -0.39 is 6.04 Å². The van der Waals surface area contributed by atoms with Crippen LogP contribution in [0.15, 0.2) is 97.5 Å². The summed E-state index contributed by atoms with van der Waals surface area (Å²) in [5.74, 6) is 0.968. The fraction of sp³-hybridized carbons (Fsp3) is 0.129. The van der Waals surface area contributed by atoms with E-state index >= 15 is 0 Å². The standard InChI is InChI=1S/C31H25N5O2/c1-32-28-13-10-22-15-30(28)38-25-12-11-23-8-5-9-27(26(23)16-25)35-31(37)29(14-21-6-3-2-4-7-21)34-18-24-17-33-20-36(24)19-22/h2-13,15-17,20,29,34H,14,18-19H2,(H,35,37). The Morgan fingerprint density at radius 3 is 2.79 bits per heavy atom. The maximum absolute atomic E-state index is 13.7. The van der Waals surface area contributed by atoms with E-state index in [0.29, 0.717) is 42.4 Å². The molecular formula is C31H25N5O2. The number of carbonyl (C=O) groups is 1. The third-order valence-electron chi connectivity index (χ3n) is 6.76. The van der Waals surface area contributed by atoms with Crippen molar-refractivity contribution < 1.29 is 9.53 Å². The third kappa shape index (κ3) is 4.85. The molecule has 4 aromatic carbocycles. The summed E-state index contributed by atoms with van der Waals surface area (Å²) in [6, 6.07) is 26.7. The van der Waals surface area contributed by atoms with E-state index in [1.807, 2.05) is 89.6 Å². The molecule has 5 aromatic rings. The smallest absolute Gasteiger partial charge is 0.241 e. The van der Waals surface area contributed by atoms with Crippen LogP contribution in [-0.2, 0) is 24.3 Å². The highest BCUT2D eigenvalue weighted by molar-refractivity contribution is 6.04. The van der Waals surface area contributed by atoms with Crippen LogP contribution in [0.3, 0.4) is 0 Å². The van der Waals surface area contributed by atoms with E-state index in [1.54, 1.807) is 12.4 Å².